The van der Waals surface area contributed by atoms with Gasteiger partial charge in [0.1, 0.15) is 11.5 Å². The Balaban J connectivity index is 0.00000144. The smallest absolute Gasteiger partial charge is 0.228 e. The van der Waals surface area contributed by atoms with Crippen LogP contribution in [-0.2, 0) is 4.79 Å². The number of amides is 1. The summed E-state index contributed by atoms with van der Waals surface area (Å²) in [5.41, 5.74) is 2.71. The van der Waals surface area contributed by atoms with Crippen molar-refractivity contribution in [3.63, 3.8) is 0 Å². The number of carbonyl (C=O) groups is 1. The van der Waals surface area contributed by atoms with Crippen LogP contribution < -0.4 is 5.32 Å². The highest BCUT2D eigenvalue weighted by atomic mass is 16.2. The van der Waals surface area contributed by atoms with E-state index in [1.165, 1.54) is 0 Å². The standard InChI is InChI=1S/C17H18N4O.2H2/c1-3-4-12(9-18-2)14-10-19-16-13(14)7-8-15(20-16)21-17(22)11-5-6-11;;/h3-4,7-11H,1,5-6H2,2H3,(H2,19,20,21,22);2*1H/b12-4+,18-9?;;. The van der Waals surface area contributed by atoms with Gasteiger partial charge in [0.15, 0.2) is 0 Å². The molecule has 1 fully saturated rings. The normalized spacial score (nSPS) is 15.4. The Labute approximate surface area is 131 Å². The number of hydrogen-bond donors (Lipinski definition) is 2. The first kappa shape index (κ1) is 14.3. The number of aromatic nitrogens is 2. The molecule has 5 nitrogen and oxygen atoms in total. The average Bonchev–Trinajstić information content (AvgIpc) is 3.28. The van der Waals surface area contributed by atoms with E-state index in [9.17, 15) is 4.79 Å². The number of fused-ring (bicyclic) bond motifs is 1. The lowest BCUT2D eigenvalue weighted by Gasteiger charge is -2.04. The van der Waals surface area contributed by atoms with E-state index in [2.05, 4.69) is 26.9 Å². The highest BCUT2D eigenvalue weighted by molar-refractivity contribution is 6.14. The lowest BCUT2D eigenvalue weighted by molar-refractivity contribution is -0.117. The topological polar surface area (TPSA) is 70.1 Å². The number of anilines is 1. The summed E-state index contributed by atoms with van der Waals surface area (Å²) in [4.78, 5) is 23.5. The van der Waals surface area contributed by atoms with E-state index in [1.54, 1.807) is 19.3 Å². The van der Waals surface area contributed by atoms with Gasteiger partial charge in [-0.25, -0.2) is 4.98 Å². The molecule has 116 valence electrons. The van der Waals surface area contributed by atoms with E-state index >= 15 is 0 Å². The van der Waals surface area contributed by atoms with Gasteiger partial charge in [0.25, 0.3) is 0 Å². The number of nitrogens with zero attached hydrogens (tertiary/aromatic N) is 2. The quantitative estimate of drug-likeness (QED) is 0.653. The van der Waals surface area contributed by atoms with Gasteiger partial charge in [-0.3, -0.25) is 9.79 Å². The predicted octanol–water partition coefficient (Wildman–Crippen LogP) is 3.67. The van der Waals surface area contributed by atoms with E-state index in [4.69, 9.17) is 0 Å². The molecule has 1 aliphatic rings. The number of allylic oxidation sites excluding steroid dienone is 3. The van der Waals surface area contributed by atoms with Gasteiger partial charge >= 0.3 is 0 Å². The van der Waals surface area contributed by atoms with E-state index in [0.29, 0.717) is 5.82 Å². The number of carbonyl (C=O) groups excluding carboxylic acids is 1. The Morgan fingerprint density at radius 2 is 2.36 bits per heavy atom. The molecule has 0 spiro atoms. The number of hydrogen-bond acceptors (Lipinski definition) is 3. The van der Waals surface area contributed by atoms with Gasteiger partial charge in [-0.1, -0.05) is 18.7 Å². The van der Waals surface area contributed by atoms with Crippen LogP contribution in [0.2, 0.25) is 0 Å². The lowest BCUT2D eigenvalue weighted by atomic mass is 10.1. The maximum Gasteiger partial charge on any atom is 0.228 e. The third-order valence-electron chi connectivity index (χ3n) is 3.61. The van der Waals surface area contributed by atoms with Crippen LogP contribution in [0.3, 0.4) is 0 Å². The molecular weight excluding hydrogens is 276 g/mol. The van der Waals surface area contributed by atoms with Gasteiger partial charge in [-0.2, -0.15) is 0 Å². The van der Waals surface area contributed by atoms with Gasteiger partial charge in [0.2, 0.25) is 5.91 Å². The van der Waals surface area contributed by atoms with Gasteiger partial charge in [-0.05, 0) is 25.0 Å². The molecule has 22 heavy (non-hydrogen) atoms. The molecule has 2 aromatic heterocycles. The molecule has 0 aromatic carbocycles. The first-order valence-corrected chi connectivity index (χ1v) is 7.27. The first-order valence-electron chi connectivity index (χ1n) is 7.27. The largest absolute Gasteiger partial charge is 0.345 e. The van der Waals surface area contributed by atoms with Gasteiger partial charge in [-0.15, -0.1) is 0 Å². The predicted molar refractivity (Wildman–Crippen MR) is 94.3 cm³/mol. The van der Waals surface area contributed by atoms with Crippen molar-refractivity contribution in [1.82, 2.24) is 9.97 Å². The van der Waals surface area contributed by atoms with Crippen molar-refractivity contribution >= 4 is 34.5 Å². The van der Waals surface area contributed by atoms with Crippen molar-refractivity contribution in [1.29, 1.82) is 0 Å². The number of aromatic amines is 1. The van der Waals surface area contributed by atoms with E-state index < -0.39 is 0 Å². The van der Waals surface area contributed by atoms with Crippen molar-refractivity contribution in [3.8, 4) is 0 Å². The second-order valence-electron chi connectivity index (χ2n) is 5.30. The van der Waals surface area contributed by atoms with Crippen molar-refractivity contribution < 1.29 is 7.65 Å². The Kier molecular flexibility index (Phi) is 3.87. The zero-order valence-electron chi connectivity index (χ0n) is 12.5. The van der Waals surface area contributed by atoms with Crippen LogP contribution in [0, 0.1) is 5.92 Å². The Morgan fingerprint density at radius 3 is 3.05 bits per heavy atom. The fourth-order valence-electron chi connectivity index (χ4n) is 2.36. The fraction of sp³-hybridized carbons (Fsp3) is 0.235. The highest BCUT2D eigenvalue weighted by Crippen LogP contribution is 2.30. The summed E-state index contributed by atoms with van der Waals surface area (Å²) >= 11 is 0. The number of aliphatic imine (C=N–C) groups is 1. The van der Waals surface area contributed by atoms with Crippen LogP contribution in [0.5, 0.6) is 0 Å². The van der Waals surface area contributed by atoms with Gasteiger partial charge in [0, 0.05) is 44.8 Å². The van der Waals surface area contributed by atoms with E-state index in [-0.39, 0.29) is 14.7 Å². The minimum Gasteiger partial charge on any atom is -0.345 e. The maximum atomic E-state index is 11.8. The fourth-order valence-corrected chi connectivity index (χ4v) is 2.36. The molecular formula is C17H22N4O. The SMILES string of the molecule is C=C/C=C(\C=NC)c1c[nH]c2nc(NC(=O)C3CC3)ccc12.[HH].[HH]. The van der Waals surface area contributed by atoms with Crippen LogP contribution in [0.25, 0.3) is 16.6 Å². The zero-order chi connectivity index (χ0) is 15.5. The van der Waals surface area contributed by atoms with E-state index in [1.807, 2.05) is 24.4 Å². The lowest BCUT2D eigenvalue weighted by Crippen LogP contribution is -2.14. The molecule has 0 bridgehead atoms. The summed E-state index contributed by atoms with van der Waals surface area (Å²) in [6, 6.07) is 3.78. The van der Waals surface area contributed by atoms with Crippen molar-refractivity contribution in [2.24, 2.45) is 10.9 Å². The molecule has 0 atom stereocenters. The van der Waals surface area contributed by atoms with Crippen LogP contribution >= 0.6 is 0 Å². The third kappa shape index (κ3) is 2.83. The molecule has 3 rings (SSSR count). The first-order chi connectivity index (χ1) is 10.7. The van der Waals surface area contributed by atoms with Crippen LogP contribution in [0.15, 0.2) is 42.1 Å². The maximum absolute atomic E-state index is 11.8. The van der Waals surface area contributed by atoms with Crippen LogP contribution in [0.4, 0.5) is 5.82 Å². The minimum absolute atomic E-state index is 0. The number of H-pyrrole nitrogens is 1. The number of rotatable bonds is 5. The third-order valence-corrected chi connectivity index (χ3v) is 3.61. The molecule has 0 unspecified atom stereocenters. The Bertz CT molecular complexity index is 791. The molecule has 1 saturated carbocycles. The highest BCUT2D eigenvalue weighted by Gasteiger charge is 2.29. The average molecular weight is 298 g/mol. The monoisotopic (exact) mass is 298 g/mol. The molecule has 2 heterocycles. The van der Waals surface area contributed by atoms with Gasteiger partial charge in [0.05, 0.1) is 0 Å². The molecule has 2 aromatic rings. The number of nitrogens with one attached hydrogen (secondary N) is 2. The minimum atomic E-state index is 0. The molecule has 0 aliphatic heterocycles. The summed E-state index contributed by atoms with van der Waals surface area (Å²) in [6.45, 7) is 3.73. The summed E-state index contributed by atoms with van der Waals surface area (Å²) in [5, 5.41) is 3.84. The molecule has 1 amide bonds. The summed E-state index contributed by atoms with van der Waals surface area (Å²) in [5.74, 6) is 0.805. The zero-order valence-corrected chi connectivity index (χ0v) is 12.5. The molecule has 1 aliphatic carbocycles. The second kappa shape index (κ2) is 5.97. The number of pyridine rings is 1. The summed E-state index contributed by atoms with van der Waals surface area (Å²) in [6.07, 6.45) is 9.26. The Morgan fingerprint density at radius 1 is 1.55 bits per heavy atom. The molecule has 0 saturated heterocycles. The molecule has 5 heteroatoms. The Hall–Kier alpha value is -2.69. The molecule has 2 N–H and O–H groups in total. The molecule has 0 radical (unpaired) electrons. The van der Waals surface area contributed by atoms with Crippen molar-refractivity contribution in [2.45, 2.75) is 12.8 Å². The summed E-state index contributed by atoms with van der Waals surface area (Å²) in [7, 11) is 1.73. The van der Waals surface area contributed by atoms with Crippen molar-refractivity contribution in [2.75, 3.05) is 12.4 Å². The summed E-state index contributed by atoms with van der Waals surface area (Å²) < 4.78 is 0. The van der Waals surface area contributed by atoms with Crippen LogP contribution in [0.1, 0.15) is 21.3 Å². The second-order valence-corrected chi connectivity index (χ2v) is 5.30. The van der Waals surface area contributed by atoms with Crippen molar-refractivity contribution in [3.05, 3.63) is 42.6 Å². The van der Waals surface area contributed by atoms with Crippen LogP contribution in [-0.4, -0.2) is 29.1 Å². The van der Waals surface area contributed by atoms with E-state index in [0.717, 1.165) is 35.0 Å². The van der Waals surface area contributed by atoms with Gasteiger partial charge < -0.3 is 10.3 Å².